The zero-order valence-electron chi connectivity index (χ0n) is 14.8. The summed E-state index contributed by atoms with van der Waals surface area (Å²) in [5.74, 6) is 0.173. The summed E-state index contributed by atoms with van der Waals surface area (Å²) in [4.78, 5) is 14.9. The molecule has 0 aliphatic carbocycles. The molecule has 2 aromatic rings. The average Bonchev–Trinajstić information content (AvgIpc) is 2.67. The summed E-state index contributed by atoms with van der Waals surface area (Å²) in [6.45, 7) is 3.80. The number of aliphatic hydroxyl groups is 1. The minimum atomic E-state index is -0.720. The Bertz CT molecular complexity index is 781. The molecule has 0 saturated carbocycles. The first-order chi connectivity index (χ1) is 13.0. The molecule has 0 bridgehead atoms. The highest BCUT2D eigenvalue weighted by atomic mass is 35.5. The lowest BCUT2D eigenvalue weighted by molar-refractivity contribution is -0.385. The molecule has 1 N–H and O–H groups in total. The number of nitro benzene ring substituents is 1. The SMILES string of the molecule is O=[N+]([O-])c1ccccc1OCC(O)CN1CCN(c2cccc(Cl)c2)CC1. The minimum absolute atomic E-state index is 0.0133. The summed E-state index contributed by atoms with van der Waals surface area (Å²) >= 11 is 6.05. The Morgan fingerprint density at radius 1 is 1.15 bits per heavy atom. The van der Waals surface area contributed by atoms with Crippen molar-refractivity contribution in [1.29, 1.82) is 0 Å². The molecule has 2 aromatic carbocycles. The van der Waals surface area contributed by atoms with Gasteiger partial charge in [-0.15, -0.1) is 0 Å². The molecule has 0 radical (unpaired) electrons. The van der Waals surface area contributed by atoms with Gasteiger partial charge in [-0.05, 0) is 24.3 Å². The van der Waals surface area contributed by atoms with E-state index < -0.39 is 11.0 Å². The van der Waals surface area contributed by atoms with E-state index in [-0.39, 0.29) is 18.0 Å². The summed E-state index contributed by atoms with van der Waals surface area (Å²) in [5, 5.41) is 22.0. The van der Waals surface area contributed by atoms with Gasteiger partial charge in [-0.1, -0.05) is 29.8 Å². The van der Waals surface area contributed by atoms with E-state index in [9.17, 15) is 15.2 Å². The molecule has 1 saturated heterocycles. The molecule has 27 heavy (non-hydrogen) atoms. The normalized spacial score (nSPS) is 16.1. The molecule has 1 heterocycles. The van der Waals surface area contributed by atoms with Gasteiger partial charge in [0.25, 0.3) is 0 Å². The number of benzene rings is 2. The van der Waals surface area contributed by atoms with Crippen LogP contribution in [0, 0.1) is 10.1 Å². The number of para-hydroxylation sites is 2. The van der Waals surface area contributed by atoms with E-state index in [2.05, 4.69) is 9.80 Å². The van der Waals surface area contributed by atoms with Crippen LogP contribution in [0.2, 0.25) is 5.02 Å². The smallest absolute Gasteiger partial charge is 0.310 e. The molecule has 8 heteroatoms. The predicted octanol–water partition coefficient (Wildman–Crippen LogP) is 2.81. The Balaban J connectivity index is 1.46. The fourth-order valence-corrected chi connectivity index (χ4v) is 3.31. The third-order valence-corrected chi connectivity index (χ3v) is 4.74. The minimum Gasteiger partial charge on any atom is -0.484 e. The molecule has 0 amide bonds. The Labute approximate surface area is 162 Å². The van der Waals surface area contributed by atoms with Crippen molar-refractivity contribution in [2.24, 2.45) is 0 Å². The maximum absolute atomic E-state index is 11.0. The van der Waals surface area contributed by atoms with Crippen molar-refractivity contribution in [3.63, 3.8) is 0 Å². The molecule has 1 aliphatic rings. The van der Waals surface area contributed by atoms with Crippen molar-refractivity contribution in [2.75, 3.05) is 44.2 Å². The Morgan fingerprint density at radius 2 is 1.89 bits per heavy atom. The highest BCUT2D eigenvalue weighted by Gasteiger charge is 2.21. The van der Waals surface area contributed by atoms with Crippen LogP contribution in [0.3, 0.4) is 0 Å². The number of rotatable bonds is 7. The third-order valence-electron chi connectivity index (χ3n) is 4.51. The Morgan fingerprint density at radius 3 is 2.59 bits per heavy atom. The fraction of sp³-hybridized carbons (Fsp3) is 0.368. The van der Waals surface area contributed by atoms with Gasteiger partial charge in [-0.2, -0.15) is 0 Å². The van der Waals surface area contributed by atoms with Crippen LogP contribution in [-0.2, 0) is 0 Å². The van der Waals surface area contributed by atoms with Gasteiger partial charge in [-0.25, -0.2) is 0 Å². The van der Waals surface area contributed by atoms with Crippen LogP contribution in [0.4, 0.5) is 11.4 Å². The van der Waals surface area contributed by atoms with Crippen LogP contribution in [0.15, 0.2) is 48.5 Å². The number of piperazine rings is 1. The maximum Gasteiger partial charge on any atom is 0.310 e. The summed E-state index contributed by atoms with van der Waals surface area (Å²) in [6, 6.07) is 14.0. The molecule has 1 atom stereocenters. The second-order valence-corrected chi connectivity index (χ2v) is 6.89. The van der Waals surface area contributed by atoms with Gasteiger partial charge < -0.3 is 14.7 Å². The highest BCUT2D eigenvalue weighted by molar-refractivity contribution is 6.30. The number of nitro groups is 1. The fourth-order valence-electron chi connectivity index (χ4n) is 3.13. The number of anilines is 1. The molecular weight excluding hydrogens is 370 g/mol. The molecule has 1 aliphatic heterocycles. The van der Waals surface area contributed by atoms with E-state index in [1.54, 1.807) is 12.1 Å². The quantitative estimate of drug-likeness (QED) is 0.577. The average molecular weight is 392 g/mol. The molecular formula is C19H22ClN3O4. The number of hydrogen-bond donors (Lipinski definition) is 1. The standard InChI is InChI=1S/C19H22ClN3O4/c20-15-4-3-5-16(12-15)22-10-8-21(9-11-22)13-17(24)14-27-19-7-2-1-6-18(19)23(25)26/h1-7,12,17,24H,8-11,13-14H2. The van der Waals surface area contributed by atoms with E-state index in [0.29, 0.717) is 6.54 Å². The summed E-state index contributed by atoms with van der Waals surface area (Å²) in [7, 11) is 0. The van der Waals surface area contributed by atoms with Crippen molar-refractivity contribution >= 4 is 23.0 Å². The molecule has 1 unspecified atom stereocenters. The van der Waals surface area contributed by atoms with Gasteiger partial charge in [0.1, 0.15) is 12.7 Å². The van der Waals surface area contributed by atoms with Crippen LogP contribution in [0.5, 0.6) is 5.75 Å². The molecule has 1 fully saturated rings. The van der Waals surface area contributed by atoms with Crippen molar-refractivity contribution in [3.05, 3.63) is 63.7 Å². The van der Waals surface area contributed by atoms with Crippen LogP contribution < -0.4 is 9.64 Å². The van der Waals surface area contributed by atoms with E-state index in [0.717, 1.165) is 36.9 Å². The number of hydrogen-bond acceptors (Lipinski definition) is 6. The van der Waals surface area contributed by atoms with Gasteiger partial charge in [0, 0.05) is 49.5 Å². The van der Waals surface area contributed by atoms with E-state index in [1.165, 1.54) is 12.1 Å². The second kappa shape index (κ2) is 9.03. The van der Waals surface area contributed by atoms with Gasteiger partial charge >= 0.3 is 5.69 Å². The third kappa shape index (κ3) is 5.32. The van der Waals surface area contributed by atoms with Crippen molar-refractivity contribution in [2.45, 2.75) is 6.10 Å². The lowest BCUT2D eigenvalue weighted by atomic mass is 10.2. The topological polar surface area (TPSA) is 79.1 Å². The van der Waals surface area contributed by atoms with Gasteiger partial charge in [0.05, 0.1) is 4.92 Å². The number of halogens is 1. The number of aliphatic hydroxyl groups excluding tert-OH is 1. The summed E-state index contributed by atoms with van der Waals surface area (Å²) < 4.78 is 5.46. The first-order valence-corrected chi connectivity index (χ1v) is 9.18. The van der Waals surface area contributed by atoms with E-state index in [4.69, 9.17) is 16.3 Å². The molecule has 144 valence electrons. The highest BCUT2D eigenvalue weighted by Crippen LogP contribution is 2.26. The van der Waals surface area contributed by atoms with E-state index >= 15 is 0 Å². The van der Waals surface area contributed by atoms with Gasteiger partial charge in [0.2, 0.25) is 0 Å². The maximum atomic E-state index is 11.0. The first-order valence-electron chi connectivity index (χ1n) is 8.80. The van der Waals surface area contributed by atoms with Gasteiger partial charge in [0.15, 0.2) is 5.75 Å². The summed E-state index contributed by atoms with van der Waals surface area (Å²) in [5.41, 5.74) is 1.00. The van der Waals surface area contributed by atoms with Crippen molar-refractivity contribution < 1.29 is 14.8 Å². The van der Waals surface area contributed by atoms with Crippen molar-refractivity contribution in [1.82, 2.24) is 4.90 Å². The zero-order chi connectivity index (χ0) is 19.2. The van der Waals surface area contributed by atoms with Gasteiger partial charge in [-0.3, -0.25) is 15.0 Å². The van der Waals surface area contributed by atoms with Crippen molar-refractivity contribution in [3.8, 4) is 5.75 Å². The van der Waals surface area contributed by atoms with E-state index in [1.807, 2.05) is 24.3 Å². The first kappa shape index (κ1) is 19.4. The number of ether oxygens (including phenoxy) is 1. The monoisotopic (exact) mass is 391 g/mol. The molecule has 0 aromatic heterocycles. The summed E-state index contributed by atoms with van der Waals surface area (Å²) in [6.07, 6.45) is -0.720. The number of β-amino-alcohol motifs (C(OH)–C–C–N with tert-alkyl or cyclic N) is 1. The second-order valence-electron chi connectivity index (χ2n) is 6.46. The Kier molecular flexibility index (Phi) is 6.49. The predicted molar refractivity (Wildman–Crippen MR) is 105 cm³/mol. The van der Waals surface area contributed by atoms with Crippen LogP contribution in [-0.4, -0.2) is 60.4 Å². The molecule has 3 rings (SSSR count). The van der Waals surface area contributed by atoms with Crippen LogP contribution >= 0.6 is 11.6 Å². The largest absolute Gasteiger partial charge is 0.484 e. The van der Waals surface area contributed by atoms with Crippen LogP contribution in [0.25, 0.3) is 0 Å². The molecule has 7 nitrogen and oxygen atoms in total. The molecule has 0 spiro atoms. The Hall–Kier alpha value is -2.35. The zero-order valence-corrected chi connectivity index (χ0v) is 15.6. The number of nitrogens with zero attached hydrogens (tertiary/aromatic N) is 3. The lowest BCUT2D eigenvalue weighted by Crippen LogP contribution is -2.49. The lowest BCUT2D eigenvalue weighted by Gasteiger charge is -2.36. The van der Waals surface area contributed by atoms with Crippen LogP contribution in [0.1, 0.15) is 0 Å².